The van der Waals surface area contributed by atoms with E-state index in [-0.39, 0.29) is 23.2 Å². The van der Waals surface area contributed by atoms with Gasteiger partial charge in [-0.05, 0) is 25.0 Å². The zero-order chi connectivity index (χ0) is 14.4. The van der Waals surface area contributed by atoms with Crippen LogP contribution in [0.1, 0.15) is 37.0 Å². The van der Waals surface area contributed by atoms with Crippen LogP contribution in [0.4, 0.5) is 4.39 Å². The zero-order valence-corrected chi connectivity index (χ0v) is 12.0. The summed E-state index contributed by atoms with van der Waals surface area (Å²) < 4.78 is 13.7. The fourth-order valence-electron chi connectivity index (χ4n) is 2.14. The first-order valence-corrected chi connectivity index (χ1v) is 6.94. The fourth-order valence-corrected chi connectivity index (χ4v) is 2.32. The highest BCUT2D eigenvalue weighted by Gasteiger charge is 2.26. The molecular formula is C14H19ClFNO2. The third-order valence-corrected chi connectivity index (χ3v) is 3.34. The number of amides is 1. The van der Waals surface area contributed by atoms with E-state index in [4.69, 9.17) is 11.6 Å². The van der Waals surface area contributed by atoms with Crippen molar-refractivity contribution in [2.24, 2.45) is 0 Å². The number of halogens is 2. The smallest absolute Gasteiger partial charge is 0.260 e. The molecule has 0 atom stereocenters. The van der Waals surface area contributed by atoms with Crippen LogP contribution in [0.2, 0.25) is 0 Å². The Morgan fingerprint density at radius 3 is 2.53 bits per heavy atom. The molecule has 19 heavy (non-hydrogen) atoms. The monoisotopic (exact) mass is 287 g/mol. The summed E-state index contributed by atoms with van der Waals surface area (Å²) in [6.45, 7) is 4.26. The molecule has 1 aromatic rings. The van der Waals surface area contributed by atoms with Crippen LogP contribution in [0.3, 0.4) is 0 Å². The Morgan fingerprint density at radius 2 is 2.05 bits per heavy atom. The lowest BCUT2D eigenvalue weighted by atomic mass is 10.1. The van der Waals surface area contributed by atoms with E-state index in [2.05, 4.69) is 0 Å². The number of phenolic OH excluding ortho intramolecular Hbond substituents is 1. The van der Waals surface area contributed by atoms with Gasteiger partial charge in [-0.3, -0.25) is 4.79 Å². The number of benzene rings is 1. The van der Waals surface area contributed by atoms with E-state index in [1.54, 1.807) is 0 Å². The van der Waals surface area contributed by atoms with Gasteiger partial charge in [-0.15, -0.1) is 11.6 Å². The summed E-state index contributed by atoms with van der Waals surface area (Å²) >= 11 is 5.72. The molecule has 0 aromatic heterocycles. The summed E-state index contributed by atoms with van der Waals surface area (Å²) in [6.07, 6.45) is 1.52. The molecule has 1 amide bonds. The number of rotatable bonds is 6. The third-order valence-electron chi connectivity index (χ3n) is 3.18. The van der Waals surface area contributed by atoms with Gasteiger partial charge in [0.1, 0.15) is 17.1 Å². The molecule has 1 aromatic carbocycles. The van der Waals surface area contributed by atoms with Gasteiger partial charge in [0.2, 0.25) is 0 Å². The highest BCUT2D eigenvalue weighted by molar-refractivity contribution is 6.18. The molecule has 0 unspecified atom stereocenters. The molecule has 0 saturated heterocycles. The highest BCUT2D eigenvalue weighted by Crippen LogP contribution is 2.23. The molecule has 0 fully saturated rings. The highest BCUT2D eigenvalue weighted by atomic mass is 35.5. The first-order valence-electron chi connectivity index (χ1n) is 6.41. The van der Waals surface area contributed by atoms with Gasteiger partial charge in [0, 0.05) is 18.5 Å². The van der Waals surface area contributed by atoms with E-state index in [9.17, 15) is 14.3 Å². The summed E-state index contributed by atoms with van der Waals surface area (Å²) in [5.41, 5.74) is -0.278. The zero-order valence-electron chi connectivity index (χ0n) is 11.2. The van der Waals surface area contributed by atoms with Crippen molar-refractivity contribution >= 4 is 17.5 Å². The summed E-state index contributed by atoms with van der Waals surface area (Å²) in [5.74, 6) is -1.28. The first kappa shape index (κ1) is 15.8. The predicted octanol–water partition coefficient (Wildman–Crippen LogP) is 3.40. The van der Waals surface area contributed by atoms with Gasteiger partial charge in [-0.1, -0.05) is 19.9 Å². The largest absolute Gasteiger partial charge is 0.507 e. The molecule has 0 aliphatic heterocycles. The van der Waals surface area contributed by atoms with E-state index in [1.807, 2.05) is 13.8 Å². The maximum atomic E-state index is 13.7. The minimum Gasteiger partial charge on any atom is -0.507 e. The van der Waals surface area contributed by atoms with Crippen molar-refractivity contribution in [3.63, 3.8) is 0 Å². The van der Waals surface area contributed by atoms with Crippen molar-refractivity contribution < 1.29 is 14.3 Å². The Balaban J connectivity index is 3.12. The quantitative estimate of drug-likeness (QED) is 0.815. The fraction of sp³-hybridized carbons (Fsp3) is 0.500. The van der Waals surface area contributed by atoms with E-state index >= 15 is 0 Å². The second-order valence-corrected chi connectivity index (χ2v) is 4.67. The van der Waals surface area contributed by atoms with E-state index in [1.165, 1.54) is 23.1 Å². The Labute approximate surface area is 118 Å². The van der Waals surface area contributed by atoms with Gasteiger partial charge >= 0.3 is 0 Å². The average Bonchev–Trinajstić information content (AvgIpc) is 2.38. The van der Waals surface area contributed by atoms with Gasteiger partial charge in [-0.25, -0.2) is 4.39 Å². The molecule has 1 N–H and O–H groups in total. The van der Waals surface area contributed by atoms with Gasteiger partial charge in [0.05, 0.1) is 0 Å². The summed E-state index contributed by atoms with van der Waals surface area (Å²) in [5, 5.41) is 9.69. The lowest BCUT2D eigenvalue weighted by molar-refractivity contribution is 0.0673. The summed E-state index contributed by atoms with van der Waals surface area (Å²) in [6, 6.07) is 3.83. The topological polar surface area (TPSA) is 40.5 Å². The Bertz CT molecular complexity index is 415. The SMILES string of the molecule is CCC(CC)N(CCCl)C(=O)c1c(O)cccc1F. The number of hydrogen-bond donors (Lipinski definition) is 1. The minimum absolute atomic E-state index is 0.00902. The van der Waals surface area contributed by atoms with Crippen LogP contribution in [-0.2, 0) is 0 Å². The number of carbonyl (C=O) groups is 1. The molecule has 0 bridgehead atoms. The molecular weight excluding hydrogens is 269 g/mol. The Hall–Kier alpha value is -1.29. The van der Waals surface area contributed by atoms with Crippen LogP contribution in [-0.4, -0.2) is 34.4 Å². The number of phenols is 1. The number of carbonyl (C=O) groups excluding carboxylic acids is 1. The van der Waals surface area contributed by atoms with Crippen LogP contribution in [0, 0.1) is 5.82 Å². The predicted molar refractivity (Wildman–Crippen MR) is 74.2 cm³/mol. The minimum atomic E-state index is -0.712. The van der Waals surface area contributed by atoms with E-state index in [0.29, 0.717) is 6.54 Å². The van der Waals surface area contributed by atoms with Crippen LogP contribution in [0.15, 0.2) is 18.2 Å². The third kappa shape index (κ3) is 3.60. The molecule has 106 valence electrons. The second kappa shape index (κ2) is 7.34. The van der Waals surface area contributed by atoms with Gasteiger partial charge in [-0.2, -0.15) is 0 Å². The number of nitrogens with zero attached hydrogens (tertiary/aromatic N) is 1. The standard InChI is InChI=1S/C14H19ClFNO2/c1-3-10(4-2)17(9-8-15)14(19)13-11(16)6-5-7-12(13)18/h5-7,10,18H,3-4,8-9H2,1-2H3. The first-order chi connectivity index (χ1) is 9.06. The van der Waals surface area contributed by atoms with Crippen molar-refractivity contribution in [2.45, 2.75) is 32.7 Å². The van der Waals surface area contributed by atoms with Crippen LogP contribution < -0.4 is 0 Å². The van der Waals surface area contributed by atoms with Gasteiger partial charge in [0.25, 0.3) is 5.91 Å². The summed E-state index contributed by atoms with van der Waals surface area (Å²) in [7, 11) is 0. The van der Waals surface area contributed by atoms with Crippen molar-refractivity contribution in [1.82, 2.24) is 4.90 Å². The molecule has 0 aliphatic carbocycles. The van der Waals surface area contributed by atoms with Crippen molar-refractivity contribution in [2.75, 3.05) is 12.4 Å². The normalized spacial score (nSPS) is 10.8. The molecule has 0 heterocycles. The Morgan fingerprint density at radius 1 is 1.42 bits per heavy atom. The maximum absolute atomic E-state index is 13.7. The van der Waals surface area contributed by atoms with Crippen molar-refractivity contribution in [1.29, 1.82) is 0 Å². The van der Waals surface area contributed by atoms with E-state index in [0.717, 1.165) is 12.8 Å². The molecule has 3 nitrogen and oxygen atoms in total. The van der Waals surface area contributed by atoms with Crippen LogP contribution in [0.5, 0.6) is 5.75 Å². The molecule has 0 aliphatic rings. The van der Waals surface area contributed by atoms with Crippen LogP contribution in [0.25, 0.3) is 0 Å². The molecule has 0 spiro atoms. The van der Waals surface area contributed by atoms with Crippen molar-refractivity contribution in [3.8, 4) is 5.75 Å². The molecule has 0 radical (unpaired) electrons. The molecule has 0 saturated carbocycles. The number of aromatic hydroxyl groups is 1. The van der Waals surface area contributed by atoms with Crippen LogP contribution >= 0.6 is 11.6 Å². The molecule has 1 rings (SSSR count). The second-order valence-electron chi connectivity index (χ2n) is 4.29. The Kier molecular flexibility index (Phi) is 6.09. The maximum Gasteiger partial charge on any atom is 0.260 e. The lowest BCUT2D eigenvalue weighted by Gasteiger charge is -2.30. The van der Waals surface area contributed by atoms with Gasteiger partial charge < -0.3 is 10.0 Å². The summed E-state index contributed by atoms with van der Waals surface area (Å²) in [4.78, 5) is 13.9. The number of hydrogen-bond acceptors (Lipinski definition) is 2. The molecule has 5 heteroatoms. The van der Waals surface area contributed by atoms with Crippen molar-refractivity contribution in [3.05, 3.63) is 29.6 Å². The van der Waals surface area contributed by atoms with Gasteiger partial charge in [0.15, 0.2) is 0 Å². The lowest BCUT2D eigenvalue weighted by Crippen LogP contribution is -2.41. The average molecular weight is 288 g/mol. The number of alkyl halides is 1. The van der Waals surface area contributed by atoms with E-state index < -0.39 is 11.7 Å².